The highest BCUT2D eigenvalue weighted by atomic mass is 31.2. The third kappa shape index (κ3) is 73.0. The molecule has 0 aliphatic rings. The molecule has 19 heteroatoms. The van der Waals surface area contributed by atoms with E-state index < -0.39 is 97.5 Å². The van der Waals surface area contributed by atoms with Gasteiger partial charge in [-0.05, 0) is 37.5 Å². The lowest BCUT2D eigenvalue weighted by atomic mass is 9.99. The van der Waals surface area contributed by atoms with Gasteiger partial charge in [0.1, 0.15) is 19.3 Å². The Morgan fingerprint density at radius 1 is 0.290 bits per heavy atom. The summed E-state index contributed by atoms with van der Waals surface area (Å²) in [4.78, 5) is 72.7. The highest BCUT2D eigenvalue weighted by molar-refractivity contribution is 7.47. The van der Waals surface area contributed by atoms with Crippen molar-refractivity contribution in [2.24, 2.45) is 11.8 Å². The minimum absolute atomic E-state index is 0.106. The number of carbonyl (C=O) groups is 4. The molecule has 0 saturated carbocycles. The van der Waals surface area contributed by atoms with Crippen LogP contribution in [-0.2, 0) is 65.4 Å². The topological polar surface area (TPSA) is 237 Å². The van der Waals surface area contributed by atoms with Gasteiger partial charge in [0.05, 0.1) is 26.4 Å². The summed E-state index contributed by atoms with van der Waals surface area (Å²) in [5, 5.41) is 10.6. The van der Waals surface area contributed by atoms with E-state index in [1.807, 2.05) is 0 Å². The number of aliphatic hydroxyl groups excluding tert-OH is 1. The van der Waals surface area contributed by atoms with Gasteiger partial charge in [-0.2, -0.15) is 0 Å². The van der Waals surface area contributed by atoms with Gasteiger partial charge >= 0.3 is 39.5 Å². The average molecular weight is 1470 g/mol. The summed E-state index contributed by atoms with van der Waals surface area (Å²) < 4.78 is 68.5. The molecule has 6 atom stereocenters. The Balaban J connectivity index is 5.12. The number of aliphatic hydroxyl groups is 1. The lowest BCUT2D eigenvalue weighted by Gasteiger charge is -2.21. The van der Waals surface area contributed by atoms with Crippen molar-refractivity contribution in [3.8, 4) is 0 Å². The number of rotatable bonds is 80. The summed E-state index contributed by atoms with van der Waals surface area (Å²) in [7, 11) is -9.91. The third-order valence-corrected chi connectivity index (χ3v) is 21.2. The number of esters is 4. The summed E-state index contributed by atoms with van der Waals surface area (Å²) >= 11 is 0. The molecule has 17 nitrogen and oxygen atoms in total. The number of carbonyl (C=O) groups excluding carboxylic acids is 4. The molecular weight excluding hydrogens is 1310 g/mol. The lowest BCUT2D eigenvalue weighted by molar-refractivity contribution is -0.161. The summed E-state index contributed by atoms with van der Waals surface area (Å²) in [6, 6.07) is 0. The summed E-state index contributed by atoms with van der Waals surface area (Å²) in [6.45, 7) is 9.62. The fraction of sp³-hybridized carbons (Fsp3) is 0.951. The van der Waals surface area contributed by atoms with Crippen LogP contribution in [-0.4, -0.2) is 96.7 Å². The van der Waals surface area contributed by atoms with Gasteiger partial charge in [0.2, 0.25) is 0 Å². The Kier molecular flexibility index (Phi) is 71.2. The van der Waals surface area contributed by atoms with E-state index in [-0.39, 0.29) is 25.7 Å². The molecule has 0 saturated heterocycles. The molecule has 0 spiro atoms. The quantitative estimate of drug-likeness (QED) is 0.0222. The number of unbranched alkanes of at least 4 members (excludes halogenated alkanes) is 49. The third-order valence-electron chi connectivity index (χ3n) is 19.3. The second-order valence-electron chi connectivity index (χ2n) is 29.9. The van der Waals surface area contributed by atoms with Gasteiger partial charge in [0.25, 0.3) is 0 Å². The van der Waals surface area contributed by atoms with Gasteiger partial charge in [-0.15, -0.1) is 0 Å². The van der Waals surface area contributed by atoms with Crippen molar-refractivity contribution in [3.05, 3.63) is 0 Å². The van der Waals surface area contributed by atoms with Crippen LogP contribution in [0.15, 0.2) is 0 Å². The zero-order chi connectivity index (χ0) is 73.5. The predicted octanol–water partition coefficient (Wildman–Crippen LogP) is 24.3. The van der Waals surface area contributed by atoms with Crippen LogP contribution < -0.4 is 0 Å². The molecule has 100 heavy (non-hydrogen) atoms. The van der Waals surface area contributed by atoms with Gasteiger partial charge in [-0.25, -0.2) is 9.13 Å². The Morgan fingerprint density at radius 3 is 0.760 bits per heavy atom. The molecule has 3 N–H and O–H groups in total. The normalized spacial score (nSPS) is 14.2. The maximum absolute atomic E-state index is 13.1. The molecule has 3 unspecified atom stereocenters. The molecule has 0 aromatic rings. The van der Waals surface area contributed by atoms with Crippen molar-refractivity contribution in [2.45, 2.75) is 445 Å². The first-order chi connectivity index (χ1) is 48.4. The fourth-order valence-electron chi connectivity index (χ4n) is 12.5. The second kappa shape index (κ2) is 72.6. The number of phosphoric acid groups is 2. The first-order valence-electron chi connectivity index (χ1n) is 42.0. The average Bonchev–Trinajstić information content (AvgIpc) is 0.920. The van der Waals surface area contributed by atoms with Crippen LogP contribution in [0.1, 0.15) is 427 Å². The van der Waals surface area contributed by atoms with Crippen molar-refractivity contribution < 1.29 is 80.2 Å². The molecule has 0 bridgehead atoms. The molecular formula is C81H158O17P2. The summed E-state index contributed by atoms with van der Waals surface area (Å²) in [6.07, 6.45) is 62.9. The van der Waals surface area contributed by atoms with E-state index in [9.17, 15) is 43.2 Å². The second-order valence-corrected chi connectivity index (χ2v) is 32.8. The van der Waals surface area contributed by atoms with Crippen LogP contribution in [0.3, 0.4) is 0 Å². The van der Waals surface area contributed by atoms with Crippen LogP contribution in [0.5, 0.6) is 0 Å². The maximum atomic E-state index is 13.1. The van der Waals surface area contributed by atoms with Gasteiger partial charge < -0.3 is 33.8 Å². The zero-order valence-corrected chi connectivity index (χ0v) is 67.3. The maximum Gasteiger partial charge on any atom is 0.472 e. The Morgan fingerprint density at radius 2 is 0.510 bits per heavy atom. The van der Waals surface area contributed by atoms with Crippen molar-refractivity contribution in [2.75, 3.05) is 39.6 Å². The molecule has 0 aromatic carbocycles. The minimum atomic E-state index is -4.96. The zero-order valence-electron chi connectivity index (χ0n) is 65.5. The Bertz CT molecular complexity index is 1930. The van der Waals surface area contributed by atoms with E-state index in [0.717, 1.165) is 108 Å². The smallest absolute Gasteiger partial charge is 0.462 e. The minimum Gasteiger partial charge on any atom is -0.462 e. The van der Waals surface area contributed by atoms with Crippen LogP contribution in [0, 0.1) is 11.8 Å². The van der Waals surface area contributed by atoms with E-state index in [1.165, 1.54) is 238 Å². The Hall–Kier alpha value is -1.94. The molecule has 0 aliphatic carbocycles. The molecule has 0 radical (unpaired) electrons. The van der Waals surface area contributed by atoms with E-state index >= 15 is 0 Å². The van der Waals surface area contributed by atoms with Crippen molar-refractivity contribution >= 4 is 39.5 Å². The van der Waals surface area contributed by atoms with Gasteiger partial charge in [0, 0.05) is 25.7 Å². The van der Waals surface area contributed by atoms with Crippen LogP contribution >= 0.6 is 15.6 Å². The molecule has 0 amide bonds. The van der Waals surface area contributed by atoms with Crippen LogP contribution in [0.25, 0.3) is 0 Å². The van der Waals surface area contributed by atoms with Gasteiger partial charge in [-0.3, -0.25) is 37.3 Å². The molecule has 0 fully saturated rings. The first-order valence-corrected chi connectivity index (χ1v) is 45.0. The van der Waals surface area contributed by atoms with E-state index in [1.54, 1.807) is 0 Å². The van der Waals surface area contributed by atoms with Crippen molar-refractivity contribution in [1.29, 1.82) is 0 Å². The van der Waals surface area contributed by atoms with E-state index in [4.69, 9.17) is 37.0 Å². The van der Waals surface area contributed by atoms with Crippen molar-refractivity contribution in [3.63, 3.8) is 0 Å². The number of hydrogen-bond donors (Lipinski definition) is 3. The highest BCUT2D eigenvalue weighted by Gasteiger charge is 2.30. The summed E-state index contributed by atoms with van der Waals surface area (Å²) in [5.41, 5.74) is 0. The predicted molar refractivity (Wildman–Crippen MR) is 409 cm³/mol. The monoisotopic (exact) mass is 1470 g/mol. The highest BCUT2D eigenvalue weighted by Crippen LogP contribution is 2.45. The number of phosphoric ester groups is 2. The SMILES string of the molecule is CCCCCCCCCCCCCCCCCCCCC(=O)OC[C@H](COP(=O)(O)OC[C@@H](O)COP(=O)(O)OC[C@@H](COC(=O)CCCCCCC)OC(=O)CCCCCCCCCCCCCCC(C)C)OC(=O)CCCCCCCCCCCCCCCCCCCCC(C)CC. The first kappa shape index (κ1) is 98.1. The largest absolute Gasteiger partial charge is 0.472 e. The number of hydrogen-bond acceptors (Lipinski definition) is 15. The van der Waals surface area contributed by atoms with Gasteiger partial charge in [-0.1, -0.05) is 375 Å². The fourth-order valence-corrected chi connectivity index (χ4v) is 14.1. The molecule has 0 heterocycles. The lowest BCUT2D eigenvalue weighted by Crippen LogP contribution is -2.30. The molecule has 0 aliphatic heterocycles. The number of ether oxygens (including phenoxy) is 4. The molecule has 0 aromatic heterocycles. The molecule has 594 valence electrons. The van der Waals surface area contributed by atoms with E-state index in [2.05, 4.69) is 41.5 Å². The van der Waals surface area contributed by atoms with Crippen molar-refractivity contribution in [1.82, 2.24) is 0 Å². The van der Waals surface area contributed by atoms with E-state index in [0.29, 0.717) is 25.7 Å². The van der Waals surface area contributed by atoms with Crippen LogP contribution in [0.4, 0.5) is 0 Å². The standard InChI is InChI=1S/C81H158O17P2/c1-7-10-12-14-15-16-17-18-19-20-24-27-30-36-41-46-52-58-64-79(84)92-70-77(98-81(86)66-59-53-47-42-37-31-28-25-22-21-23-26-29-35-40-45-51-56-62-74(6)9-3)72-96-100(89,90)94-68-75(82)67-93-99(87,88)95-71-76(69-91-78(83)63-57-49-13-11-8-2)97-80(85)65-60-54-48-43-38-33-32-34-39-44-50-55-61-73(4)5/h73-77,82H,7-72H2,1-6H3,(H,87,88)(H,89,90)/t74?,75-,76+,77+/m0/s1. The van der Waals surface area contributed by atoms with Crippen LogP contribution in [0.2, 0.25) is 0 Å². The summed E-state index contributed by atoms with van der Waals surface area (Å²) in [5.74, 6) is -0.472. The van der Waals surface area contributed by atoms with Gasteiger partial charge in [0.15, 0.2) is 12.2 Å². The molecule has 0 rings (SSSR count). The Labute approximate surface area is 613 Å².